The third-order valence-corrected chi connectivity index (χ3v) is 5.58. The van der Waals surface area contributed by atoms with Crippen LogP contribution in [0, 0.1) is 0 Å². The minimum absolute atomic E-state index is 0.402. The predicted molar refractivity (Wildman–Crippen MR) is 126 cm³/mol. The molecule has 0 aliphatic carbocycles. The SMILES string of the molecule is CC(C)(O)Cn1cc(Nc2nc3c(-c4ccc(CN5CCOCC5)cc4)cccn3n2)cn1. The van der Waals surface area contributed by atoms with E-state index in [1.165, 1.54) is 5.56 Å². The summed E-state index contributed by atoms with van der Waals surface area (Å²) in [5.41, 5.74) is 4.13. The van der Waals surface area contributed by atoms with Crippen LogP contribution in [0.5, 0.6) is 0 Å². The third-order valence-electron chi connectivity index (χ3n) is 5.58. The molecule has 0 bridgehead atoms. The van der Waals surface area contributed by atoms with Gasteiger partial charge in [-0.05, 0) is 37.1 Å². The van der Waals surface area contributed by atoms with E-state index in [0.717, 1.165) is 55.3 Å². The van der Waals surface area contributed by atoms with Crippen LogP contribution in [0.3, 0.4) is 0 Å². The summed E-state index contributed by atoms with van der Waals surface area (Å²) < 4.78 is 8.91. The average Bonchev–Trinajstić information content (AvgIpc) is 3.40. The minimum atomic E-state index is -0.836. The molecule has 4 heterocycles. The molecular weight excluding hydrogens is 418 g/mol. The Morgan fingerprint density at radius 2 is 1.91 bits per heavy atom. The minimum Gasteiger partial charge on any atom is -0.389 e. The first-order chi connectivity index (χ1) is 15.9. The van der Waals surface area contributed by atoms with Crippen molar-refractivity contribution in [1.82, 2.24) is 29.3 Å². The highest BCUT2D eigenvalue weighted by atomic mass is 16.5. The maximum absolute atomic E-state index is 9.99. The van der Waals surface area contributed by atoms with Gasteiger partial charge < -0.3 is 15.2 Å². The molecular formula is C24H29N7O2. The first-order valence-corrected chi connectivity index (χ1v) is 11.2. The number of pyridine rings is 1. The van der Waals surface area contributed by atoms with E-state index in [4.69, 9.17) is 9.72 Å². The molecule has 0 atom stereocenters. The van der Waals surface area contributed by atoms with Crippen molar-refractivity contribution in [3.8, 4) is 11.1 Å². The predicted octanol–water partition coefficient (Wildman–Crippen LogP) is 2.94. The first-order valence-electron chi connectivity index (χ1n) is 11.2. The number of aromatic nitrogens is 5. The second kappa shape index (κ2) is 8.93. The van der Waals surface area contributed by atoms with Gasteiger partial charge in [0, 0.05) is 37.6 Å². The van der Waals surface area contributed by atoms with E-state index >= 15 is 0 Å². The number of fused-ring (bicyclic) bond motifs is 1. The number of ether oxygens (including phenoxy) is 1. The zero-order valence-electron chi connectivity index (χ0n) is 19.0. The Kier molecular flexibility index (Phi) is 5.84. The molecule has 33 heavy (non-hydrogen) atoms. The molecule has 3 aromatic heterocycles. The summed E-state index contributed by atoms with van der Waals surface area (Å²) >= 11 is 0. The van der Waals surface area contributed by atoms with Gasteiger partial charge >= 0.3 is 0 Å². The fraction of sp³-hybridized carbons (Fsp3) is 0.375. The molecule has 9 nitrogen and oxygen atoms in total. The van der Waals surface area contributed by atoms with E-state index in [-0.39, 0.29) is 0 Å². The Morgan fingerprint density at radius 1 is 1.12 bits per heavy atom. The molecule has 1 aliphatic rings. The topological polar surface area (TPSA) is 92.7 Å². The van der Waals surface area contributed by atoms with Crippen LogP contribution in [0.15, 0.2) is 55.0 Å². The lowest BCUT2D eigenvalue weighted by Crippen LogP contribution is -2.35. The molecule has 4 aromatic rings. The number of rotatable bonds is 7. The van der Waals surface area contributed by atoms with Crippen molar-refractivity contribution < 1.29 is 9.84 Å². The first kappa shape index (κ1) is 21.6. The Labute approximate surface area is 192 Å². The number of aliphatic hydroxyl groups is 1. The van der Waals surface area contributed by atoms with Gasteiger partial charge in [-0.2, -0.15) is 10.1 Å². The smallest absolute Gasteiger partial charge is 0.247 e. The van der Waals surface area contributed by atoms with E-state index in [1.54, 1.807) is 29.2 Å². The second-order valence-electron chi connectivity index (χ2n) is 9.07. The van der Waals surface area contributed by atoms with Gasteiger partial charge in [0.1, 0.15) is 0 Å². The van der Waals surface area contributed by atoms with Gasteiger partial charge in [0.15, 0.2) is 5.65 Å². The Morgan fingerprint density at radius 3 is 2.67 bits per heavy atom. The zero-order valence-corrected chi connectivity index (χ0v) is 19.0. The van der Waals surface area contributed by atoms with Crippen LogP contribution in [-0.2, 0) is 17.8 Å². The van der Waals surface area contributed by atoms with Crippen LogP contribution in [0.2, 0.25) is 0 Å². The molecule has 0 spiro atoms. The van der Waals surface area contributed by atoms with Crippen LogP contribution in [0.1, 0.15) is 19.4 Å². The van der Waals surface area contributed by atoms with Crippen molar-refractivity contribution in [1.29, 1.82) is 0 Å². The number of hydrogen-bond acceptors (Lipinski definition) is 7. The molecule has 0 radical (unpaired) electrons. The molecule has 1 fully saturated rings. The number of anilines is 2. The highest BCUT2D eigenvalue weighted by Gasteiger charge is 2.15. The van der Waals surface area contributed by atoms with Crippen molar-refractivity contribution in [2.45, 2.75) is 32.5 Å². The number of morpholine rings is 1. The Hall–Kier alpha value is -3.27. The highest BCUT2D eigenvalue weighted by Crippen LogP contribution is 2.26. The van der Waals surface area contributed by atoms with E-state index in [9.17, 15) is 5.11 Å². The molecule has 1 aromatic carbocycles. The molecule has 0 unspecified atom stereocenters. The molecule has 0 saturated carbocycles. The van der Waals surface area contributed by atoms with Gasteiger partial charge in [-0.3, -0.25) is 9.58 Å². The quantitative estimate of drug-likeness (QED) is 0.450. The standard InChI is InChI=1S/C24H29N7O2/c1-24(2,32)17-30-16-20(14-25-30)26-23-27-22-21(4-3-9-31(22)28-23)19-7-5-18(6-8-19)15-29-10-12-33-13-11-29/h3-9,14,16,32H,10-13,15,17H2,1-2H3,(H,26,28). The van der Waals surface area contributed by atoms with E-state index < -0.39 is 5.60 Å². The largest absolute Gasteiger partial charge is 0.389 e. The second-order valence-corrected chi connectivity index (χ2v) is 9.07. The van der Waals surface area contributed by atoms with Crippen LogP contribution in [0.25, 0.3) is 16.8 Å². The highest BCUT2D eigenvalue weighted by molar-refractivity contribution is 5.78. The Balaban J connectivity index is 1.33. The summed E-state index contributed by atoms with van der Waals surface area (Å²) in [7, 11) is 0. The lowest BCUT2D eigenvalue weighted by Gasteiger charge is -2.26. The summed E-state index contributed by atoms with van der Waals surface area (Å²) in [4.78, 5) is 7.13. The summed E-state index contributed by atoms with van der Waals surface area (Å²) in [5.74, 6) is 0.495. The fourth-order valence-electron chi connectivity index (χ4n) is 4.03. The van der Waals surface area contributed by atoms with Gasteiger partial charge in [0.25, 0.3) is 0 Å². The van der Waals surface area contributed by atoms with E-state index in [0.29, 0.717) is 12.5 Å². The van der Waals surface area contributed by atoms with Crippen molar-refractivity contribution >= 4 is 17.3 Å². The van der Waals surface area contributed by atoms with Crippen molar-refractivity contribution in [2.75, 3.05) is 31.6 Å². The van der Waals surface area contributed by atoms with Gasteiger partial charge in [0.2, 0.25) is 5.95 Å². The molecule has 1 saturated heterocycles. The monoisotopic (exact) mass is 447 g/mol. The normalized spacial score (nSPS) is 15.2. The van der Waals surface area contributed by atoms with E-state index in [1.807, 2.05) is 18.5 Å². The van der Waals surface area contributed by atoms with Gasteiger partial charge in [-0.25, -0.2) is 4.52 Å². The summed E-state index contributed by atoms with van der Waals surface area (Å²) in [5, 5.41) is 22.0. The lowest BCUT2D eigenvalue weighted by molar-refractivity contribution is 0.0342. The zero-order chi connectivity index (χ0) is 22.8. The summed E-state index contributed by atoms with van der Waals surface area (Å²) in [6.07, 6.45) is 5.42. The molecule has 0 amide bonds. The molecule has 172 valence electrons. The third kappa shape index (κ3) is 5.22. The Bertz CT molecular complexity index is 1220. The molecule has 5 rings (SSSR count). The maximum atomic E-state index is 9.99. The number of nitrogens with zero attached hydrogens (tertiary/aromatic N) is 6. The van der Waals surface area contributed by atoms with Gasteiger partial charge in [-0.1, -0.05) is 24.3 Å². The van der Waals surface area contributed by atoms with Crippen molar-refractivity contribution in [3.63, 3.8) is 0 Å². The summed E-state index contributed by atoms with van der Waals surface area (Å²) in [6.45, 7) is 8.42. The molecule has 1 aliphatic heterocycles. The van der Waals surface area contributed by atoms with Crippen LogP contribution in [-0.4, -0.2) is 66.3 Å². The van der Waals surface area contributed by atoms with Crippen molar-refractivity contribution in [2.24, 2.45) is 0 Å². The van der Waals surface area contributed by atoms with Crippen molar-refractivity contribution in [3.05, 3.63) is 60.6 Å². The number of nitrogens with one attached hydrogen (secondary N) is 1. The lowest BCUT2D eigenvalue weighted by atomic mass is 10.0. The number of benzene rings is 1. The van der Waals surface area contributed by atoms with Crippen LogP contribution >= 0.6 is 0 Å². The van der Waals surface area contributed by atoms with Crippen LogP contribution in [0.4, 0.5) is 11.6 Å². The van der Waals surface area contributed by atoms with Gasteiger partial charge in [-0.15, -0.1) is 5.10 Å². The molecule has 2 N–H and O–H groups in total. The summed E-state index contributed by atoms with van der Waals surface area (Å²) in [6, 6.07) is 12.7. The number of hydrogen-bond donors (Lipinski definition) is 2. The maximum Gasteiger partial charge on any atom is 0.247 e. The fourth-order valence-corrected chi connectivity index (χ4v) is 4.03. The van der Waals surface area contributed by atoms with E-state index in [2.05, 4.69) is 50.7 Å². The van der Waals surface area contributed by atoms with Crippen LogP contribution < -0.4 is 5.32 Å². The molecule has 9 heteroatoms. The van der Waals surface area contributed by atoms with Gasteiger partial charge in [0.05, 0.1) is 37.2 Å². The average molecular weight is 448 g/mol.